The Labute approximate surface area is 88.5 Å². The monoisotopic (exact) mass is 213 g/mol. The summed E-state index contributed by atoms with van der Waals surface area (Å²) in [6.45, 7) is 5.37. The van der Waals surface area contributed by atoms with E-state index in [2.05, 4.69) is 10.2 Å². The molecule has 1 rings (SSSR count). The number of amides is 1. The summed E-state index contributed by atoms with van der Waals surface area (Å²) in [5.74, 6) is -0.787. The van der Waals surface area contributed by atoms with E-state index in [1.54, 1.807) is 4.90 Å². The van der Waals surface area contributed by atoms with Gasteiger partial charge in [-0.1, -0.05) is 13.8 Å². The van der Waals surface area contributed by atoms with Crippen molar-refractivity contribution in [2.75, 3.05) is 13.1 Å². The van der Waals surface area contributed by atoms with Crippen molar-refractivity contribution in [1.82, 2.24) is 15.1 Å². The number of H-pyrrole nitrogens is 1. The van der Waals surface area contributed by atoms with Gasteiger partial charge in [0.1, 0.15) is 0 Å². The van der Waals surface area contributed by atoms with Crippen molar-refractivity contribution in [3.05, 3.63) is 17.7 Å². The van der Waals surface area contributed by atoms with E-state index in [1.165, 1.54) is 0 Å². The number of aromatic nitrogens is 2. The van der Waals surface area contributed by atoms with Crippen molar-refractivity contribution in [2.45, 2.75) is 26.7 Å². The maximum Gasteiger partial charge on any atom is 0.274 e. The van der Waals surface area contributed by atoms with Crippen LogP contribution in [0.4, 0.5) is 4.39 Å². The van der Waals surface area contributed by atoms with Crippen LogP contribution >= 0.6 is 0 Å². The van der Waals surface area contributed by atoms with Crippen LogP contribution < -0.4 is 0 Å². The van der Waals surface area contributed by atoms with Crippen molar-refractivity contribution in [3.8, 4) is 0 Å². The molecule has 0 aliphatic heterocycles. The number of rotatable bonds is 5. The summed E-state index contributed by atoms with van der Waals surface area (Å²) in [5.41, 5.74) is 0.148. The van der Waals surface area contributed by atoms with Crippen molar-refractivity contribution in [1.29, 1.82) is 0 Å². The number of hydrogen-bond acceptors (Lipinski definition) is 2. The maximum absolute atomic E-state index is 12.6. The molecule has 0 spiro atoms. The van der Waals surface area contributed by atoms with E-state index >= 15 is 0 Å². The summed E-state index contributed by atoms with van der Waals surface area (Å²) < 4.78 is 12.6. The lowest BCUT2D eigenvalue weighted by Crippen LogP contribution is -2.32. The third-order valence-corrected chi connectivity index (χ3v) is 2.04. The summed E-state index contributed by atoms with van der Waals surface area (Å²) in [7, 11) is 0. The largest absolute Gasteiger partial charge is 0.337 e. The zero-order chi connectivity index (χ0) is 11.3. The number of hydrogen-bond donors (Lipinski definition) is 1. The van der Waals surface area contributed by atoms with Crippen molar-refractivity contribution in [3.63, 3.8) is 0 Å². The van der Waals surface area contributed by atoms with Crippen molar-refractivity contribution >= 4 is 5.91 Å². The molecule has 0 aromatic carbocycles. The molecule has 1 aromatic heterocycles. The first-order valence-electron chi connectivity index (χ1n) is 5.19. The predicted molar refractivity (Wildman–Crippen MR) is 55.0 cm³/mol. The van der Waals surface area contributed by atoms with E-state index in [1.807, 2.05) is 13.8 Å². The Kier molecular flexibility index (Phi) is 4.27. The molecule has 5 heteroatoms. The summed E-state index contributed by atoms with van der Waals surface area (Å²) in [4.78, 5) is 13.5. The van der Waals surface area contributed by atoms with Gasteiger partial charge in [-0.15, -0.1) is 0 Å². The molecule has 0 unspecified atom stereocenters. The number of carbonyl (C=O) groups excluding carboxylic acids is 1. The minimum Gasteiger partial charge on any atom is -0.337 e. The standard InChI is InChI=1S/C10H16FN3O/c1-3-5-14(6-4-2)10(15)8-7-9(11)13-12-8/h7H,3-6H2,1-2H3,(H,12,13). The van der Waals surface area contributed by atoms with Gasteiger partial charge in [0.25, 0.3) is 5.91 Å². The molecule has 4 nitrogen and oxygen atoms in total. The average molecular weight is 213 g/mol. The van der Waals surface area contributed by atoms with Gasteiger partial charge in [0, 0.05) is 19.2 Å². The highest BCUT2D eigenvalue weighted by Gasteiger charge is 2.17. The summed E-state index contributed by atoms with van der Waals surface area (Å²) in [5, 5.41) is 5.73. The first-order chi connectivity index (χ1) is 7.19. The lowest BCUT2D eigenvalue weighted by Gasteiger charge is -2.19. The molecule has 0 fully saturated rings. The topological polar surface area (TPSA) is 49.0 Å². The average Bonchev–Trinajstić information content (AvgIpc) is 2.63. The van der Waals surface area contributed by atoms with Crippen LogP contribution in [0.15, 0.2) is 6.07 Å². The first kappa shape index (κ1) is 11.7. The van der Waals surface area contributed by atoms with Gasteiger partial charge < -0.3 is 4.90 Å². The third kappa shape index (κ3) is 3.04. The Balaban J connectivity index is 2.71. The second kappa shape index (κ2) is 5.48. The molecule has 15 heavy (non-hydrogen) atoms. The summed E-state index contributed by atoms with van der Waals surface area (Å²) in [6, 6.07) is 1.13. The highest BCUT2D eigenvalue weighted by atomic mass is 19.1. The van der Waals surface area contributed by atoms with E-state index in [9.17, 15) is 9.18 Å². The summed E-state index contributed by atoms with van der Waals surface area (Å²) >= 11 is 0. The molecule has 0 radical (unpaired) electrons. The van der Waals surface area contributed by atoms with E-state index in [-0.39, 0.29) is 11.6 Å². The van der Waals surface area contributed by atoms with E-state index < -0.39 is 5.95 Å². The Morgan fingerprint density at radius 2 is 2.07 bits per heavy atom. The van der Waals surface area contributed by atoms with Crippen LogP contribution in [0, 0.1) is 5.95 Å². The summed E-state index contributed by atoms with van der Waals surface area (Å²) in [6.07, 6.45) is 1.78. The lowest BCUT2D eigenvalue weighted by atomic mass is 10.3. The molecular weight excluding hydrogens is 197 g/mol. The van der Waals surface area contributed by atoms with E-state index in [4.69, 9.17) is 0 Å². The number of nitrogens with zero attached hydrogens (tertiary/aromatic N) is 2. The number of carbonyl (C=O) groups is 1. The number of nitrogens with one attached hydrogen (secondary N) is 1. The molecular formula is C10H16FN3O. The second-order valence-corrected chi connectivity index (χ2v) is 3.39. The van der Waals surface area contributed by atoms with Crippen LogP contribution in [-0.4, -0.2) is 34.1 Å². The molecule has 1 N–H and O–H groups in total. The van der Waals surface area contributed by atoms with Crippen LogP contribution in [0.1, 0.15) is 37.2 Å². The quantitative estimate of drug-likeness (QED) is 0.811. The van der Waals surface area contributed by atoms with Crippen LogP contribution in [-0.2, 0) is 0 Å². The molecule has 0 atom stereocenters. The Hall–Kier alpha value is -1.39. The van der Waals surface area contributed by atoms with Gasteiger partial charge in [-0.25, -0.2) is 0 Å². The van der Waals surface area contributed by atoms with Crippen molar-refractivity contribution < 1.29 is 9.18 Å². The molecule has 0 aliphatic rings. The highest BCUT2D eigenvalue weighted by Crippen LogP contribution is 2.04. The molecule has 0 bridgehead atoms. The Morgan fingerprint density at radius 3 is 2.47 bits per heavy atom. The number of halogens is 1. The molecule has 84 valence electrons. The lowest BCUT2D eigenvalue weighted by molar-refractivity contribution is 0.0749. The van der Waals surface area contributed by atoms with Crippen LogP contribution in [0.3, 0.4) is 0 Å². The molecule has 0 saturated carbocycles. The van der Waals surface area contributed by atoms with Crippen LogP contribution in [0.5, 0.6) is 0 Å². The normalized spacial score (nSPS) is 10.3. The fourth-order valence-electron chi connectivity index (χ4n) is 1.42. The predicted octanol–water partition coefficient (Wildman–Crippen LogP) is 1.81. The van der Waals surface area contributed by atoms with Gasteiger partial charge in [-0.2, -0.15) is 9.49 Å². The van der Waals surface area contributed by atoms with Gasteiger partial charge in [0.05, 0.1) is 0 Å². The minimum absolute atomic E-state index is 0.148. The minimum atomic E-state index is -0.578. The highest BCUT2D eigenvalue weighted by molar-refractivity contribution is 5.92. The Morgan fingerprint density at radius 1 is 1.47 bits per heavy atom. The smallest absolute Gasteiger partial charge is 0.274 e. The zero-order valence-electron chi connectivity index (χ0n) is 9.09. The van der Waals surface area contributed by atoms with Gasteiger partial charge in [0.15, 0.2) is 5.69 Å². The molecule has 0 saturated heterocycles. The SMILES string of the molecule is CCCN(CCC)C(=O)c1cc(F)[nH]n1. The van der Waals surface area contributed by atoms with Crippen molar-refractivity contribution in [2.24, 2.45) is 0 Å². The van der Waals surface area contributed by atoms with Gasteiger partial charge in [0.2, 0.25) is 5.95 Å². The van der Waals surface area contributed by atoms with Crippen LogP contribution in [0.2, 0.25) is 0 Å². The fourth-order valence-corrected chi connectivity index (χ4v) is 1.42. The first-order valence-corrected chi connectivity index (χ1v) is 5.19. The maximum atomic E-state index is 12.6. The Bertz CT molecular complexity index is 318. The van der Waals surface area contributed by atoms with E-state index in [0.29, 0.717) is 13.1 Å². The van der Waals surface area contributed by atoms with Gasteiger partial charge in [-0.05, 0) is 12.8 Å². The van der Waals surface area contributed by atoms with Gasteiger partial charge in [-0.3, -0.25) is 9.89 Å². The second-order valence-electron chi connectivity index (χ2n) is 3.39. The zero-order valence-corrected chi connectivity index (χ0v) is 9.09. The molecule has 1 amide bonds. The fraction of sp³-hybridized carbons (Fsp3) is 0.600. The van der Waals surface area contributed by atoms with E-state index in [0.717, 1.165) is 18.9 Å². The van der Waals surface area contributed by atoms with Gasteiger partial charge >= 0.3 is 0 Å². The molecule has 0 aliphatic carbocycles. The van der Waals surface area contributed by atoms with Crippen LogP contribution in [0.25, 0.3) is 0 Å². The third-order valence-electron chi connectivity index (χ3n) is 2.04. The number of aromatic amines is 1. The molecule has 1 aromatic rings. The molecule has 1 heterocycles.